The van der Waals surface area contributed by atoms with Gasteiger partial charge in [-0.15, -0.1) is 0 Å². The van der Waals surface area contributed by atoms with Gasteiger partial charge in [0, 0.05) is 42.5 Å². The van der Waals surface area contributed by atoms with Gasteiger partial charge >= 0.3 is 5.97 Å². The predicted molar refractivity (Wildman–Crippen MR) is 130 cm³/mol. The van der Waals surface area contributed by atoms with Gasteiger partial charge in [0.15, 0.2) is 0 Å². The van der Waals surface area contributed by atoms with Gasteiger partial charge in [0.05, 0.1) is 12.1 Å². The Labute approximate surface area is 198 Å². The van der Waals surface area contributed by atoms with E-state index >= 15 is 0 Å². The Morgan fingerprint density at radius 3 is 2.85 bits per heavy atom. The number of halogens is 1. The third-order valence-corrected chi connectivity index (χ3v) is 6.83. The molecule has 2 aliphatic heterocycles. The van der Waals surface area contributed by atoms with Crippen LogP contribution >= 0.6 is 0 Å². The standard InChI is InChI=1S/C26H28FN5O2/c1-16-13-28-25(29-21-11-18-14-31(3)9-8-17(18)10-20(21)27)30-24(16)32-15-26(2,12-23(33)34)19-6-4-5-7-22(19)32/h4-7,10-11,13H,8-9,12,14-15H2,1-3H3,(H,33,34)(H,28,29,30)/t26-/m1/s1. The van der Waals surface area contributed by atoms with E-state index in [9.17, 15) is 14.3 Å². The first-order valence-electron chi connectivity index (χ1n) is 11.4. The number of fused-ring (bicyclic) bond motifs is 2. The van der Waals surface area contributed by atoms with Crippen molar-refractivity contribution >= 4 is 29.1 Å². The van der Waals surface area contributed by atoms with Gasteiger partial charge in [0.2, 0.25) is 5.95 Å². The lowest BCUT2D eigenvalue weighted by Crippen LogP contribution is -2.31. The van der Waals surface area contributed by atoms with Crippen molar-refractivity contribution in [1.82, 2.24) is 14.9 Å². The maximum Gasteiger partial charge on any atom is 0.304 e. The van der Waals surface area contributed by atoms with Crippen molar-refractivity contribution in [3.05, 3.63) is 70.7 Å². The molecule has 0 amide bonds. The number of rotatable bonds is 5. The number of hydrogen-bond donors (Lipinski definition) is 2. The summed E-state index contributed by atoms with van der Waals surface area (Å²) in [7, 11) is 2.06. The van der Waals surface area contributed by atoms with Crippen molar-refractivity contribution in [3.63, 3.8) is 0 Å². The van der Waals surface area contributed by atoms with Gasteiger partial charge in [0.25, 0.3) is 0 Å². The van der Waals surface area contributed by atoms with Crippen LogP contribution in [0, 0.1) is 12.7 Å². The molecule has 1 atom stereocenters. The molecular weight excluding hydrogens is 433 g/mol. The SMILES string of the molecule is Cc1cnc(Nc2cc3c(cc2F)CCN(C)C3)nc1N1C[C@@](C)(CC(=O)O)c2ccccc21. The van der Waals surface area contributed by atoms with Gasteiger partial charge in [0.1, 0.15) is 11.6 Å². The van der Waals surface area contributed by atoms with Crippen molar-refractivity contribution in [3.8, 4) is 0 Å². The Hall–Kier alpha value is -3.52. The van der Waals surface area contributed by atoms with E-state index in [4.69, 9.17) is 4.98 Å². The topological polar surface area (TPSA) is 81.6 Å². The summed E-state index contributed by atoms with van der Waals surface area (Å²) in [6.45, 7) is 6.06. The molecule has 0 fully saturated rings. The summed E-state index contributed by atoms with van der Waals surface area (Å²) >= 11 is 0. The molecule has 7 nitrogen and oxygen atoms in total. The van der Waals surface area contributed by atoms with Crippen molar-refractivity contribution in [2.75, 3.05) is 30.4 Å². The summed E-state index contributed by atoms with van der Waals surface area (Å²) in [5, 5.41) is 12.6. The number of nitrogens with zero attached hydrogens (tertiary/aromatic N) is 4. The normalized spacial score (nSPS) is 19.6. The summed E-state index contributed by atoms with van der Waals surface area (Å²) in [6.07, 6.45) is 2.56. The number of carboxylic acids is 1. The van der Waals surface area contributed by atoms with Crippen LogP contribution in [0.1, 0.15) is 35.6 Å². The zero-order valence-electron chi connectivity index (χ0n) is 19.6. The maximum atomic E-state index is 14.9. The highest BCUT2D eigenvalue weighted by Gasteiger charge is 2.41. The van der Waals surface area contributed by atoms with Crippen molar-refractivity contribution in [2.24, 2.45) is 0 Å². The van der Waals surface area contributed by atoms with Gasteiger partial charge in [-0.1, -0.05) is 25.1 Å². The van der Waals surface area contributed by atoms with E-state index in [-0.39, 0.29) is 12.2 Å². The third-order valence-electron chi connectivity index (χ3n) is 6.83. The third kappa shape index (κ3) is 3.98. The van der Waals surface area contributed by atoms with Crippen LogP contribution < -0.4 is 10.2 Å². The largest absolute Gasteiger partial charge is 0.481 e. The Bertz CT molecular complexity index is 1280. The molecule has 1 aromatic heterocycles. The second kappa shape index (κ2) is 8.36. The minimum absolute atomic E-state index is 0.0184. The molecule has 2 aliphatic rings. The number of nitrogens with one attached hydrogen (secondary N) is 1. The first-order valence-corrected chi connectivity index (χ1v) is 11.4. The molecule has 0 saturated heterocycles. The van der Waals surface area contributed by atoms with Crippen LogP contribution in [0.5, 0.6) is 0 Å². The Balaban J connectivity index is 1.49. The smallest absolute Gasteiger partial charge is 0.304 e. The van der Waals surface area contributed by atoms with Crippen LogP contribution in [0.3, 0.4) is 0 Å². The number of aliphatic carboxylic acids is 1. The number of aromatic nitrogens is 2. The molecule has 176 valence electrons. The van der Waals surface area contributed by atoms with E-state index < -0.39 is 11.4 Å². The molecule has 0 aliphatic carbocycles. The fraction of sp³-hybridized carbons (Fsp3) is 0.346. The summed E-state index contributed by atoms with van der Waals surface area (Å²) in [5.41, 5.74) is 4.70. The number of aryl methyl sites for hydroxylation is 1. The lowest BCUT2D eigenvalue weighted by atomic mass is 9.81. The minimum Gasteiger partial charge on any atom is -0.481 e. The number of likely N-dealkylation sites (N-methyl/N-ethyl adjacent to an activating group) is 1. The Morgan fingerprint density at radius 1 is 1.26 bits per heavy atom. The molecule has 0 radical (unpaired) electrons. The van der Waals surface area contributed by atoms with E-state index in [0.717, 1.165) is 47.5 Å². The van der Waals surface area contributed by atoms with E-state index in [1.54, 1.807) is 12.3 Å². The van der Waals surface area contributed by atoms with Crippen LogP contribution in [0.25, 0.3) is 0 Å². The summed E-state index contributed by atoms with van der Waals surface area (Å²) < 4.78 is 14.9. The zero-order chi connectivity index (χ0) is 24.0. The van der Waals surface area contributed by atoms with Crippen molar-refractivity contribution in [1.29, 1.82) is 0 Å². The molecule has 0 bridgehead atoms. The lowest BCUT2D eigenvalue weighted by Gasteiger charge is -2.26. The molecule has 5 rings (SSSR count). The molecule has 3 heterocycles. The monoisotopic (exact) mass is 461 g/mol. The first-order chi connectivity index (χ1) is 16.2. The van der Waals surface area contributed by atoms with Crippen LogP contribution in [0.4, 0.5) is 27.5 Å². The predicted octanol–water partition coefficient (Wildman–Crippen LogP) is 4.54. The maximum absolute atomic E-state index is 14.9. The molecule has 8 heteroatoms. The fourth-order valence-electron chi connectivity index (χ4n) is 5.12. The Kier molecular flexibility index (Phi) is 5.48. The molecule has 0 saturated carbocycles. The molecule has 0 unspecified atom stereocenters. The summed E-state index contributed by atoms with van der Waals surface area (Å²) in [5.74, 6) is -0.186. The first kappa shape index (κ1) is 22.3. The number of hydrogen-bond acceptors (Lipinski definition) is 6. The van der Waals surface area contributed by atoms with Crippen LogP contribution in [0.15, 0.2) is 42.6 Å². The highest BCUT2D eigenvalue weighted by molar-refractivity contribution is 5.77. The average molecular weight is 462 g/mol. The van der Waals surface area contributed by atoms with Gasteiger partial charge < -0.3 is 20.2 Å². The number of carbonyl (C=O) groups is 1. The number of anilines is 4. The zero-order valence-corrected chi connectivity index (χ0v) is 19.6. The molecule has 0 spiro atoms. The van der Waals surface area contributed by atoms with E-state index in [2.05, 4.69) is 22.2 Å². The number of carboxylic acid groups (broad SMARTS) is 1. The van der Waals surface area contributed by atoms with Crippen LogP contribution in [0.2, 0.25) is 0 Å². The van der Waals surface area contributed by atoms with Crippen molar-refractivity contribution < 1.29 is 14.3 Å². The summed E-state index contributed by atoms with van der Waals surface area (Å²) in [4.78, 5) is 25.0. The highest BCUT2D eigenvalue weighted by atomic mass is 19.1. The second-order valence-electron chi connectivity index (χ2n) is 9.65. The lowest BCUT2D eigenvalue weighted by molar-refractivity contribution is -0.138. The van der Waals surface area contributed by atoms with Gasteiger partial charge in [-0.3, -0.25) is 4.79 Å². The molecule has 3 aromatic rings. The van der Waals surface area contributed by atoms with Crippen molar-refractivity contribution in [2.45, 2.75) is 38.6 Å². The fourth-order valence-corrected chi connectivity index (χ4v) is 5.12. The van der Waals surface area contributed by atoms with E-state index in [0.29, 0.717) is 24.0 Å². The highest BCUT2D eigenvalue weighted by Crippen LogP contribution is 2.46. The summed E-state index contributed by atoms with van der Waals surface area (Å²) in [6, 6.07) is 11.3. The quantitative estimate of drug-likeness (QED) is 0.577. The van der Waals surface area contributed by atoms with E-state index in [1.165, 1.54) is 0 Å². The molecule has 2 aromatic carbocycles. The minimum atomic E-state index is -0.838. The van der Waals surface area contributed by atoms with E-state index in [1.807, 2.05) is 49.1 Å². The van der Waals surface area contributed by atoms with Crippen LogP contribution in [-0.4, -0.2) is 46.1 Å². The number of benzene rings is 2. The molecule has 2 N–H and O–H groups in total. The molecular formula is C26H28FN5O2. The Morgan fingerprint density at radius 2 is 2.06 bits per heavy atom. The van der Waals surface area contributed by atoms with Gasteiger partial charge in [-0.05, 0) is 55.3 Å². The van der Waals surface area contributed by atoms with Gasteiger partial charge in [-0.25, -0.2) is 9.37 Å². The number of para-hydroxylation sites is 1. The average Bonchev–Trinajstić information content (AvgIpc) is 3.07. The second-order valence-corrected chi connectivity index (χ2v) is 9.65. The van der Waals surface area contributed by atoms with Gasteiger partial charge in [-0.2, -0.15) is 4.98 Å². The van der Waals surface area contributed by atoms with Crippen LogP contribution in [-0.2, 0) is 23.2 Å². The molecule has 34 heavy (non-hydrogen) atoms.